The Kier molecular flexibility index (Phi) is 10.9. The molecule has 2 aromatic carbocycles. The Morgan fingerprint density at radius 1 is 0.774 bits per heavy atom. The lowest BCUT2D eigenvalue weighted by Gasteiger charge is -2.13. The topological polar surface area (TPSA) is 83.8 Å². The van der Waals surface area contributed by atoms with Gasteiger partial charge in [0.2, 0.25) is 0 Å². The van der Waals surface area contributed by atoms with E-state index in [4.69, 9.17) is 4.74 Å². The molecule has 0 aliphatic carbocycles. The quantitative estimate of drug-likeness (QED) is 0.221. The predicted octanol–water partition coefficient (Wildman–Crippen LogP) is 7.28. The van der Waals surface area contributed by atoms with Crippen molar-refractivity contribution >= 4 is 10.1 Å². The molecule has 5 nitrogen and oxygen atoms in total. The molecule has 0 saturated carbocycles. The number of benzene rings is 2. The lowest BCUT2D eigenvalue weighted by atomic mass is 10.0. The van der Waals surface area contributed by atoms with Gasteiger partial charge in [0.15, 0.2) is 0 Å². The predicted molar refractivity (Wildman–Crippen MR) is 125 cm³/mol. The minimum Gasteiger partial charge on any atom is -0.506 e. The highest BCUT2D eigenvalue weighted by molar-refractivity contribution is 7.86. The molecule has 2 aromatic rings. The monoisotopic (exact) mass is 448 g/mol. The summed E-state index contributed by atoms with van der Waals surface area (Å²) >= 11 is 0. The van der Waals surface area contributed by atoms with Crippen LogP contribution in [0.15, 0.2) is 47.4 Å². The fourth-order valence-corrected chi connectivity index (χ4v) is 4.33. The molecule has 0 aliphatic rings. The van der Waals surface area contributed by atoms with Crippen molar-refractivity contribution in [2.75, 3.05) is 0 Å². The number of unbranched alkanes of at least 4 members (excludes halogenated alkanes) is 10. The second kappa shape index (κ2) is 13.4. The molecular formula is C25H36O5S. The van der Waals surface area contributed by atoms with Gasteiger partial charge in [-0.1, -0.05) is 89.3 Å². The first-order valence-corrected chi connectivity index (χ1v) is 12.9. The fraction of sp³-hybridized carbons (Fsp3) is 0.520. The smallest absolute Gasteiger partial charge is 0.298 e. The van der Waals surface area contributed by atoms with E-state index in [1.807, 2.05) is 18.2 Å². The van der Waals surface area contributed by atoms with Crippen molar-refractivity contribution < 1.29 is 22.8 Å². The first kappa shape index (κ1) is 25.2. The normalized spacial score (nSPS) is 11.5. The summed E-state index contributed by atoms with van der Waals surface area (Å²) in [5, 5.41) is 10.4. The second-order valence-electron chi connectivity index (χ2n) is 8.10. The molecule has 0 aliphatic heterocycles. The minimum absolute atomic E-state index is 0.273. The molecule has 2 rings (SSSR count). The van der Waals surface area contributed by atoms with E-state index in [-0.39, 0.29) is 5.75 Å². The van der Waals surface area contributed by atoms with E-state index in [1.165, 1.54) is 51.4 Å². The van der Waals surface area contributed by atoms with Crippen LogP contribution in [0.2, 0.25) is 0 Å². The van der Waals surface area contributed by atoms with Crippen LogP contribution in [0.1, 0.15) is 83.1 Å². The van der Waals surface area contributed by atoms with Crippen LogP contribution in [0.25, 0.3) is 0 Å². The highest BCUT2D eigenvalue weighted by Crippen LogP contribution is 2.35. The molecule has 0 atom stereocenters. The zero-order valence-corrected chi connectivity index (χ0v) is 19.4. The highest BCUT2D eigenvalue weighted by atomic mass is 32.2. The second-order valence-corrected chi connectivity index (χ2v) is 9.49. The van der Waals surface area contributed by atoms with Gasteiger partial charge in [-0.3, -0.25) is 4.55 Å². The van der Waals surface area contributed by atoms with Crippen LogP contribution < -0.4 is 4.74 Å². The molecule has 6 heteroatoms. The van der Waals surface area contributed by atoms with Gasteiger partial charge in [-0.05, 0) is 36.6 Å². The number of phenols is 1. The Hall–Kier alpha value is -2.05. The lowest BCUT2D eigenvalue weighted by molar-refractivity contribution is 0.428. The average molecular weight is 449 g/mol. The number of aromatic hydroxyl groups is 1. The van der Waals surface area contributed by atoms with E-state index in [2.05, 4.69) is 6.92 Å². The standard InChI is InChI=1S/C25H36O5S/c1-2-3-4-5-6-7-8-9-10-11-13-16-21-19-23(30-22-17-14-12-15-18-22)20-24(25(21)26)31(27,28)29/h12,14-15,17-20,26H,2-11,13,16H2,1H3,(H,27,28,29). The van der Waals surface area contributed by atoms with Crippen molar-refractivity contribution in [1.29, 1.82) is 0 Å². The summed E-state index contributed by atoms with van der Waals surface area (Å²) in [5.74, 6) is 0.430. The van der Waals surface area contributed by atoms with Crippen LogP contribution in [-0.2, 0) is 16.5 Å². The summed E-state index contributed by atoms with van der Waals surface area (Å²) in [6, 6.07) is 11.8. The number of hydrogen-bond acceptors (Lipinski definition) is 4. The SMILES string of the molecule is CCCCCCCCCCCCCc1cc(Oc2ccccc2)cc(S(=O)(=O)O)c1O. The maximum Gasteiger partial charge on any atom is 0.298 e. The Balaban J connectivity index is 1.86. The number of hydrogen-bond donors (Lipinski definition) is 2. The van der Waals surface area contributed by atoms with Crippen molar-refractivity contribution in [3.8, 4) is 17.2 Å². The lowest BCUT2D eigenvalue weighted by Crippen LogP contribution is -2.02. The summed E-state index contributed by atoms with van der Waals surface area (Å²) in [6.45, 7) is 2.23. The van der Waals surface area contributed by atoms with Gasteiger partial charge in [0.25, 0.3) is 10.1 Å². The molecule has 0 unspecified atom stereocenters. The van der Waals surface area contributed by atoms with Crippen molar-refractivity contribution in [2.24, 2.45) is 0 Å². The third kappa shape index (κ3) is 9.32. The first-order chi connectivity index (χ1) is 14.9. The maximum atomic E-state index is 11.7. The fourth-order valence-electron chi connectivity index (χ4n) is 3.69. The van der Waals surface area contributed by atoms with Crippen LogP contribution in [0, 0.1) is 0 Å². The first-order valence-electron chi connectivity index (χ1n) is 11.5. The largest absolute Gasteiger partial charge is 0.506 e. The Labute approximate surface area is 187 Å². The molecule has 0 aromatic heterocycles. The Morgan fingerprint density at radius 3 is 1.87 bits per heavy atom. The van der Waals surface area contributed by atoms with Crippen molar-refractivity contribution in [2.45, 2.75) is 88.9 Å². The van der Waals surface area contributed by atoms with Gasteiger partial charge in [-0.25, -0.2) is 0 Å². The number of phenolic OH excluding ortho intramolecular Hbond substituents is 1. The Bertz CT molecular complexity index is 878. The van der Waals surface area contributed by atoms with E-state index in [9.17, 15) is 18.1 Å². The third-order valence-corrected chi connectivity index (χ3v) is 6.30. The van der Waals surface area contributed by atoms with Crippen LogP contribution in [0.3, 0.4) is 0 Å². The van der Waals surface area contributed by atoms with Crippen LogP contribution >= 0.6 is 0 Å². The van der Waals surface area contributed by atoms with Gasteiger partial charge in [0.1, 0.15) is 22.1 Å². The van der Waals surface area contributed by atoms with Crippen LogP contribution in [-0.4, -0.2) is 18.1 Å². The van der Waals surface area contributed by atoms with Gasteiger partial charge in [0.05, 0.1) is 0 Å². The number of para-hydroxylation sites is 1. The molecule has 31 heavy (non-hydrogen) atoms. The maximum absolute atomic E-state index is 11.7. The summed E-state index contributed by atoms with van der Waals surface area (Å²) in [7, 11) is -4.55. The van der Waals surface area contributed by atoms with Gasteiger partial charge in [-0.2, -0.15) is 8.42 Å². The molecule has 0 saturated heterocycles. The number of aryl methyl sites for hydroxylation is 1. The summed E-state index contributed by atoms with van der Waals surface area (Å²) < 4.78 is 38.7. The van der Waals surface area contributed by atoms with Crippen molar-refractivity contribution in [3.05, 3.63) is 48.0 Å². The van der Waals surface area contributed by atoms with E-state index < -0.39 is 20.8 Å². The van der Waals surface area contributed by atoms with E-state index in [0.717, 1.165) is 25.3 Å². The summed E-state index contributed by atoms with van der Waals surface area (Å²) in [6.07, 6.45) is 13.9. The van der Waals surface area contributed by atoms with Gasteiger partial charge in [0, 0.05) is 6.07 Å². The molecule has 0 bridgehead atoms. The molecular weight excluding hydrogens is 412 g/mol. The van der Waals surface area contributed by atoms with Crippen LogP contribution in [0.4, 0.5) is 0 Å². The Morgan fingerprint density at radius 2 is 1.32 bits per heavy atom. The van der Waals surface area contributed by atoms with Gasteiger partial charge in [-0.15, -0.1) is 0 Å². The molecule has 172 valence electrons. The van der Waals surface area contributed by atoms with Crippen molar-refractivity contribution in [1.82, 2.24) is 0 Å². The molecule has 0 amide bonds. The highest BCUT2D eigenvalue weighted by Gasteiger charge is 2.20. The third-order valence-electron chi connectivity index (χ3n) is 5.43. The van der Waals surface area contributed by atoms with Crippen LogP contribution in [0.5, 0.6) is 17.2 Å². The summed E-state index contributed by atoms with van der Waals surface area (Å²) in [5.41, 5.74) is 0.469. The van der Waals surface area contributed by atoms with Gasteiger partial charge >= 0.3 is 0 Å². The zero-order chi connectivity index (χ0) is 22.5. The van der Waals surface area contributed by atoms with E-state index in [1.54, 1.807) is 18.2 Å². The van der Waals surface area contributed by atoms with Crippen molar-refractivity contribution in [3.63, 3.8) is 0 Å². The summed E-state index contributed by atoms with van der Waals surface area (Å²) in [4.78, 5) is -0.515. The molecule has 0 fully saturated rings. The van der Waals surface area contributed by atoms with E-state index >= 15 is 0 Å². The molecule has 0 spiro atoms. The average Bonchev–Trinajstić information content (AvgIpc) is 2.74. The molecule has 2 N–H and O–H groups in total. The minimum atomic E-state index is -4.55. The van der Waals surface area contributed by atoms with Gasteiger partial charge < -0.3 is 9.84 Å². The number of ether oxygens (including phenoxy) is 1. The number of rotatable bonds is 15. The van der Waals surface area contributed by atoms with E-state index in [0.29, 0.717) is 17.7 Å². The zero-order valence-electron chi connectivity index (χ0n) is 18.6. The molecule has 0 heterocycles. The molecule has 0 radical (unpaired) electrons.